The van der Waals surface area contributed by atoms with E-state index in [1.165, 1.54) is 0 Å². The van der Waals surface area contributed by atoms with E-state index in [-0.39, 0.29) is 26.5 Å². The van der Waals surface area contributed by atoms with Crippen LogP contribution in [0.4, 0.5) is 0 Å². The zero-order chi connectivity index (χ0) is 10.3. The molecule has 0 atom stereocenters. The number of aromatic nitrogens is 1. The van der Waals surface area contributed by atoms with Gasteiger partial charge >= 0.3 is 21.1 Å². The predicted molar refractivity (Wildman–Crippen MR) is 57.4 cm³/mol. The Morgan fingerprint density at radius 3 is 2.00 bits per heavy atom. The first-order valence-corrected chi connectivity index (χ1v) is 4.60. The quantitative estimate of drug-likeness (QED) is 0.646. The van der Waals surface area contributed by atoms with Crippen molar-refractivity contribution in [3.05, 3.63) is 36.5 Å². The summed E-state index contributed by atoms with van der Waals surface area (Å²) in [6.45, 7) is 10.4. The van der Waals surface area contributed by atoms with Crippen LogP contribution < -0.4 is 0 Å². The van der Waals surface area contributed by atoms with E-state index < -0.39 is 0 Å². The number of hydrogen-bond donors (Lipinski definition) is 0. The molecule has 1 rings (SSSR count). The average Bonchev–Trinajstić information content (AvgIpc) is 2.06. The van der Waals surface area contributed by atoms with Gasteiger partial charge in [-0.25, -0.2) is 0 Å². The summed E-state index contributed by atoms with van der Waals surface area (Å²) >= 11 is 0. The second kappa shape index (κ2) is 8.17. The van der Waals surface area contributed by atoms with Gasteiger partial charge in [-0.1, -0.05) is 32.7 Å². The number of nitrogens with zero attached hydrogens (tertiary/aromatic N) is 1. The fourth-order valence-corrected chi connectivity index (χ4v) is 0.744. The third-order valence-corrected chi connectivity index (χ3v) is 1.38. The molecule has 0 saturated carbocycles. The van der Waals surface area contributed by atoms with Crippen molar-refractivity contribution in [2.75, 3.05) is 0 Å². The maximum absolute atomic E-state index is 4.12. The summed E-state index contributed by atoms with van der Waals surface area (Å²) in [5.74, 6) is 0. The molecule has 0 radical (unpaired) electrons. The maximum Gasteiger partial charge on any atom is 2.00 e. The molecule has 1 nitrogen and oxygen atoms in total. The third kappa shape index (κ3) is 7.26. The standard InChI is InChI=1S/C9H12N.C3H7.W/c1-9(2,3)8-6-4-5-7-10-8;1-3-2;/h4-6H,1-3H3;3H,1-2H3;/q2*-1;+2. The van der Waals surface area contributed by atoms with Gasteiger partial charge in [-0.3, -0.25) is 0 Å². The molecule has 0 aromatic carbocycles. The first-order valence-electron chi connectivity index (χ1n) is 4.60. The van der Waals surface area contributed by atoms with E-state index in [2.05, 4.69) is 32.0 Å². The Kier molecular flexibility index (Phi) is 9.50. The van der Waals surface area contributed by atoms with Crippen LogP contribution in [0.25, 0.3) is 0 Å². The second-order valence-electron chi connectivity index (χ2n) is 3.98. The molecule has 0 N–H and O–H groups in total. The summed E-state index contributed by atoms with van der Waals surface area (Å²) in [7, 11) is 0. The molecule has 2 heteroatoms. The predicted octanol–water partition coefficient (Wildman–Crippen LogP) is 3.41. The summed E-state index contributed by atoms with van der Waals surface area (Å²) in [6, 6.07) is 5.80. The van der Waals surface area contributed by atoms with Crippen molar-refractivity contribution < 1.29 is 21.1 Å². The zero-order valence-corrected chi connectivity index (χ0v) is 12.6. The molecule has 1 heterocycles. The van der Waals surface area contributed by atoms with Crippen LogP contribution in [0.3, 0.4) is 0 Å². The van der Waals surface area contributed by atoms with Crippen molar-refractivity contribution in [2.45, 2.75) is 40.0 Å². The fraction of sp³-hybridized carbons (Fsp3) is 0.500. The Morgan fingerprint density at radius 2 is 1.79 bits per heavy atom. The van der Waals surface area contributed by atoms with Crippen molar-refractivity contribution >= 4 is 0 Å². The Labute approximate surface area is 103 Å². The molecule has 0 spiro atoms. The summed E-state index contributed by atoms with van der Waals surface area (Å²) < 4.78 is 0. The summed E-state index contributed by atoms with van der Waals surface area (Å²) in [5.41, 5.74) is 1.24. The van der Waals surface area contributed by atoms with Gasteiger partial charge in [0.2, 0.25) is 0 Å². The van der Waals surface area contributed by atoms with Crippen LogP contribution in [0.1, 0.15) is 40.3 Å². The molecule has 1 aromatic heterocycles. The van der Waals surface area contributed by atoms with E-state index in [9.17, 15) is 0 Å². The van der Waals surface area contributed by atoms with Gasteiger partial charge in [-0.05, 0) is 5.41 Å². The maximum atomic E-state index is 4.12. The third-order valence-electron chi connectivity index (χ3n) is 1.38. The molecule has 78 valence electrons. The molecule has 1 aromatic rings. The normalized spacial score (nSPS) is 9.50. The van der Waals surface area contributed by atoms with Gasteiger partial charge in [0.1, 0.15) is 0 Å². The largest absolute Gasteiger partial charge is 2.00 e. The smallest absolute Gasteiger partial charge is 0.390 e. The molecule has 14 heavy (non-hydrogen) atoms. The van der Waals surface area contributed by atoms with E-state index in [4.69, 9.17) is 0 Å². The van der Waals surface area contributed by atoms with Gasteiger partial charge in [-0.15, -0.1) is 0 Å². The Morgan fingerprint density at radius 1 is 1.29 bits per heavy atom. The van der Waals surface area contributed by atoms with E-state index in [1.54, 1.807) is 0 Å². The Bertz CT molecular complexity index is 214. The van der Waals surface area contributed by atoms with Crippen molar-refractivity contribution in [1.29, 1.82) is 0 Å². The average molecular weight is 361 g/mol. The molecule has 0 saturated heterocycles. The Hall–Kier alpha value is -0.162. The SMILES string of the molecule is CC(C)(C)c1ccc[c-]n1.C[CH-]C.[W+2]. The molecule has 0 bridgehead atoms. The fourth-order valence-electron chi connectivity index (χ4n) is 0.744. The molecule has 0 fully saturated rings. The summed E-state index contributed by atoms with van der Waals surface area (Å²) in [6.07, 6.45) is 4.82. The van der Waals surface area contributed by atoms with Gasteiger partial charge in [0.15, 0.2) is 0 Å². The van der Waals surface area contributed by atoms with Crippen LogP contribution in [0.2, 0.25) is 0 Å². The van der Waals surface area contributed by atoms with Crippen LogP contribution >= 0.6 is 0 Å². The van der Waals surface area contributed by atoms with Crippen molar-refractivity contribution in [3.63, 3.8) is 0 Å². The topological polar surface area (TPSA) is 12.9 Å². The van der Waals surface area contributed by atoms with Gasteiger partial charge in [0, 0.05) is 0 Å². The minimum Gasteiger partial charge on any atom is -0.390 e. The van der Waals surface area contributed by atoms with E-state index in [1.807, 2.05) is 38.5 Å². The van der Waals surface area contributed by atoms with Gasteiger partial charge in [0.25, 0.3) is 0 Å². The van der Waals surface area contributed by atoms with Crippen molar-refractivity contribution in [2.24, 2.45) is 0 Å². The van der Waals surface area contributed by atoms with Crippen LogP contribution in [0, 0.1) is 12.6 Å². The van der Waals surface area contributed by atoms with Gasteiger partial charge in [-0.2, -0.15) is 32.0 Å². The number of rotatable bonds is 0. The van der Waals surface area contributed by atoms with E-state index >= 15 is 0 Å². The number of hydrogen-bond acceptors (Lipinski definition) is 1. The minimum absolute atomic E-state index is 0. The minimum atomic E-state index is 0. The molecular weight excluding hydrogens is 342 g/mol. The van der Waals surface area contributed by atoms with Crippen molar-refractivity contribution in [1.82, 2.24) is 4.98 Å². The summed E-state index contributed by atoms with van der Waals surface area (Å²) in [5, 5.41) is 0. The zero-order valence-electron chi connectivity index (χ0n) is 9.66. The van der Waals surface area contributed by atoms with E-state index in [0.29, 0.717) is 0 Å². The van der Waals surface area contributed by atoms with Crippen LogP contribution in [-0.4, -0.2) is 4.98 Å². The van der Waals surface area contributed by atoms with Gasteiger partial charge in [0.05, 0.1) is 0 Å². The molecular formula is C12H19NW. The molecule has 0 amide bonds. The molecule has 0 unspecified atom stereocenters. The Balaban J connectivity index is 0. The van der Waals surface area contributed by atoms with Crippen LogP contribution in [0.5, 0.6) is 0 Å². The summed E-state index contributed by atoms with van der Waals surface area (Å²) in [4.78, 5) is 4.12. The van der Waals surface area contributed by atoms with Gasteiger partial charge < -0.3 is 11.4 Å². The monoisotopic (exact) mass is 361 g/mol. The first kappa shape index (κ1) is 16.3. The first-order chi connectivity index (χ1) is 6.02. The van der Waals surface area contributed by atoms with Crippen LogP contribution in [-0.2, 0) is 26.5 Å². The molecule has 0 aliphatic rings. The number of pyridine rings is 1. The molecule has 0 aliphatic heterocycles. The second-order valence-corrected chi connectivity index (χ2v) is 3.98. The van der Waals surface area contributed by atoms with E-state index in [0.717, 1.165) is 5.69 Å². The molecule has 0 aliphatic carbocycles. The van der Waals surface area contributed by atoms with Crippen molar-refractivity contribution in [3.8, 4) is 0 Å². The van der Waals surface area contributed by atoms with Crippen LogP contribution in [0.15, 0.2) is 18.2 Å².